The Morgan fingerprint density at radius 2 is 2.33 bits per heavy atom. The minimum Gasteiger partial charge on any atom is -0.293 e. The van der Waals surface area contributed by atoms with E-state index < -0.39 is 0 Å². The smallest absolute Gasteiger partial charge is 0.0429 e. The van der Waals surface area contributed by atoms with Crippen molar-refractivity contribution in [3.05, 3.63) is 53.3 Å². The van der Waals surface area contributed by atoms with Crippen molar-refractivity contribution in [1.82, 2.24) is 0 Å². The highest BCUT2D eigenvalue weighted by molar-refractivity contribution is 5.74. The van der Waals surface area contributed by atoms with E-state index in [1.165, 1.54) is 11.1 Å². The summed E-state index contributed by atoms with van der Waals surface area (Å²) in [6.07, 6.45) is 11.2. The predicted molar refractivity (Wildman–Crippen MR) is 67.3 cm³/mol. The lowest BCUT2D eigenvalue weighted by atomic mass is 10.0. The van der Waals surface area contributed by atoms with Crippen molar-refractivity contribution in [2.75, 3.05) is 6.54 Å². The largest absolute Gasteiger partial charge is 0.293 e. The van der Waals surface area contributed by atoms with Gasteiger partial charge in [-0.15, -0.1) is 5.73 Å². The molecule has 0 radical (unpaired) electrons. The van der Waals surface area contributed by atoms with Crippen LogP contribution in [-0.2, 0) is 0 Å². The Kier molecular flexibility index (Phi) is 4.59. The molecule has 0 atom stereocenters. The van der Waals surface area contributed by atoms with Gasteiger partial charge in [0.1, 0.15) is 0 Å². The normalized spacial score (nSPS) is 16.4. The summed E-state index contributed by atoms with van der Waals surface area (Å²) in [6, 6.07) is 0. The minimum absolute atomic E-state index is 0.909. The summed E-state index contributed by atoms with van der Waals surface area (Å²) in [4.78, 5) is 4.16. The van der Waals surface area contributed by atoms with Gasteiger partial charge in [0, 0.05) is 12.8 Å². The maximum absolute atomic E-state index is 4.16. The fourth-order valence-electron chi connectivity index (χ4n) is 1.32. The van der Waals surface area contributed by atoms with Crippen LogP contribution in [0.15, 0.2) is 58.3 Å². The number of hydrogen-bond acceptors (Lipinski definition) is 1. The number of rotatable bonds is 3. The Morgan fingerprint density at radius 3 is 2.93 bits per heavy atom. The molecule has 0 unspecified atom stereocenters. The monoisotopic (exact) mass is 199 g/mol. The lowest BCUT2D eigenvalue weighted by molar-refractivity contribution is 0.948. The Labute approximate surface area is 91.9 Å². The zero-order chi connectivity index (χ0) is 11.1. The van der Waals surface area contributed by atoms with Crippen molar-refractivity contribution in [2.45, 2.75) is 20.3 Å². The van der Waals surface area contributed by atoms with E-state index in [4.69, 9.17) is 0 Å². The molecule has 0 bridgehead atoms. The number of aliphatic imine (C=N–C) groups is 1. The van der Waals surface area contributed by atoms with Gasteiger partial charge in [-0.05, 0) is 43.1 Å². The van der Waals surface area contributed by atoms with Crippen molar-refractivity contribution in [3.63, 3.8) is 0 Å². The van der Waals surface area contributed by atoms with E-state index >= 15 is 0 Å². The van der Waals surface area contributed by atoms with Gasteiger partial charge in [0.05, 0.1) is 0 Å². The average molecular weight is 199 g/mol. The third-order valence-corrected chi connectivity index (χ3v) is 2.37. The molecule has 78 valence electrons. The SMILES string of the molecule is C=C=C(C)/C=C\C=C(/C)C1=CC=NCC1. The molecule has 1 aliphatic heterocycles. The summed E-state index contributed by atoms with van der Waals surface area (Å²) in [5.41, 5.74) is 6.56. The maximum Gasteiger partial charge on any atom is 0.0429 e. The molecule has 0 saturated carbocycles. The van der Waals surface area contributed by atoms with Crippen molar-refractivity contribution >= 4 is 6.21 Å². The van der Waals surface area contributed by atoms with Crippen LogP contribution >= 0.6 is 0 Å². The predicted octanol–water partition coefficient (Wildman–Crippen LogP) is 3.62. The Morgan fingerprint density at radius 1 is 1.53 bits per heavy atom. The van der Waals surface area contributed by atoms with E-state index in [2.05, 4.69) is 36.4 Å². The first-order chi connectivity index (χ1) is 7.24. The Hall–Kier alpha value is -1.59. The second kappa shape index (κ2) is 6.00. The molecule has 1 heterocycles. The highest BCUT2D eigenvalue weighted by atomic mass is 14.7. The van der Waals surface area contributed by atoms with Crippen molar-refractivity contribution in [1.29, 1.82) is 0 Å². The van der Waals surface area contributed by atoms with Gasteiger partial charge < -0.3 is 0 Å². The topological polar surface area (TPSA) is 12.4 Å². The molecule has 1 rings (SSSR count). The third kappa shape index (κ3) is 3.97. The lowest BCUT2D eigenvalue weighted by Crippen LogP contribution is -1.95. The first-order valence-electron chi connectivity index (χ1n) is 5.15. The van der Waals surface area contributed by atoms with E-state index in [0.29, 0.717) is 0 Å². The molecule has 0 aromatic rings. The molecule has 15 heavy (non-hydrogen) atoms. The second-order valence-corrected chi connectivity index (χ2v) is 3.57. The molecule has 1 heteroatoms. The van der Waals surface area contributed by atoms with Crippen LogP contribution in [-0.4, -0.2) is 12.8 Å². The Balaban J connectivity index is 2.67. The summed E-state index contributed by atoms with van der Waals surface area (Å²) in [5.74, 6) is 0. The van der Waals surface area contributed by atoms with Gasteiger partial charge in [0.2, 0.25) is 0 Å². The molecular formula is C14H17N. The number of allylic oxidation sites excluding steroid dienone is 6. The average Bonchev–Trinajstić information content (AvgIpc) is 2.29. The number of hydrogen-bond donors (Lipinski definition) is 0. The molecule has 0 N–H and O–H groups in total. The van der Waals surface area contributed by atoms with Crippen LogP contribution in [0.2, 0.25) is 0 Å². The van der Waals surface area contributed by atoms with Gasteiger partial charge in [0.25, 0.3) is 0 Å². The van der Waals surface area contributed by atoms with Gasteiger partial charge >= 0.3 is 0 Å². The Bertz CT molecular complexity index is 386. The maximum atomic E-state index is 4.16. The van der Waals surface area contributed by atoms with Crippen LogP contribution in [0.3, 0.4) is 0 Å². The van der Waals surface area contributed by atoms with Gasteiger partial charge in [-0.2, -0.15) is 0 Å². The van der Waals surface area contributed by atoms with E-state index in [-0.39, 0.29) is 0 Å². The van der Waals surface area contributed by atoms with E-state index in [0.717, 1.165) is 18.5 Å². The zero-order valence-electron chi connectivity index (χ0n) is 9.46. The molecule has 0 spiro atoms. The van der Waals surface area contributed by atoms with Crippen LogP contribution in [0.1, 0.15) is 20.3 Å². The highest BCUT2D eigenvalue weighted by Crippen LogP contribution is 2.15. The van der Waals surface area contributed by atoms with Crippen LogP contribution in [0.25, 0.3) is 0 Å². The van der Waals surface area contributed by atoms with E-state index in [9.17, 15) is 0 Å². The fourth-order valence-corrected chi connectivity index (χ4v) is 1.32. The second-order valence-electron chi connectivity index (χ2n) is 3.57. The first kappa shape index (κ1) is 11.5. The number of dihydropyridines is 1. The minimum atomic E-state index is 0.909. The molecule has 0 aromatic heterocycles. The highest BCUT2D eigenvalue weighted by Gasteiger charge is 2.00. The summed E-state index contributed by atoms with van der Waals surface area (Å²) in [7, 11) is 0. The van der Waals surface area contributed by atoms with Crippen LogP contribution < -0.4 is 0 Å². The fraction of sp³-hybridized carbons (Fsp3) is 0.286. The van der Waals surface area contributed by atoms with E-state index in [1.807, 2.05) is 25.3 Å². The van der Waals surface area contributed by atoms with Gasteiger partial charge in [0.15, 0.2) is 0 Å². The molecule has 1 aliphatic rings. The first-order valence-corrected chi connectivity index (χ1v) is 5.15. The van der Waals surface area contributed by atoms with Gasteiger partial charge in [-0.3, -0.25) is 4.99 Å². The van der Waals surface area contributed by atoms with Crippen LogP contribution in [0.5, 0.6) is 0 Å². The molecule has 0 aromatic carbocycles. The molecule has 0 amide bonds. The molecule has 0 aliphatic carbocycles. The van der Waals surface area contributed by atoms with Crippen molar-refractivity contribution in [3.8, 4) is 0 Å². The number of nitrogens with zero attached hydrogens (tertiary/aromatic N) is 1. The molecule has 1 nitrogen and oxygen atoms in total. The van der Waals surface area contributed by atoms with Crippen LogP contribution in [0.4, 0.5) is 0 Å². The standard InChI is InChI=1S/C14H17N/c1-4-12(2)6-5-7-13(3)14-8-10-15-11-9-14/h5-8,10H,1,9,11H2,2-3H3/b6-5-,13-7+. The molecular weight excluding hydrogens is 182 g/mol. The summed E-state index contributed by atoms with van der Waals surface area (Å²) in [5, 5.41) is 0. The van der Waals surface area contributed by atoms with Gasteiger partial charge in [-0.25, -0.2) is 0 Å². The lowest BCUT2D eigenvalue weighted by Gasteiger charge is -2.07. The molecule has 0 fully saturated rings. The summed E-state index contributed by atoms with van der Waals surface area (Å²) >= 11 is 0. The zero-order valence-corrected chi connectivity index (χ0v) is 9.46. The van der Waals surface area contributed by atoms with Gasteiger partial charge in [-0.1, -0.05) is 24.8 Å². The summed E-state index contributed by atoms with van der Waals surface area (Å²) in [6.45, 7) is 8.61. The molecule has 0 saturated heterocycles. The van der Waals surface area contributed by atoms with E-state index in [1.54, 1.807) is 0 Å². The summed E-state index contributed by atoms with van der Waals surface area (Å²) < 4.78 is 0. The van der Waals surface area contributed by atoms with Crippen LogP contribution in [0, 0.1) is 0 Å². The quantitative estimate of drug-likeness (QED) is 0.486. The third-order valence-electron chi connectivity index (χ3n) is 2.37. The van der Waals surface area contributed by atoms with Crippen molar-refractivity contribution < 1.29 is 0 Å². The van der Waals surface area contributed by atoms with Crippen molar-refractivity contribution in [2.24, 2.45) is 4.99 Å².